The Morgan fingerprint density at radius 2 is 2.14 bits per heavy atom. The maximum absolute atomic E-state index is 12.5. The first-order chi connectivity index (χ1) is 10.3. The highest BCUT2D eigenvalue weighted by Crippen LogP contribution is 2.21. The Kier molecular flexibility index (Phi) is 4.68. The number of carbonyl (C=O) groups excluding carboxylic acids is 2. The average molecular weight is 305 g/mol. The average Bonchev–Trinajstić information content (AvgIpc) is 2.40. The van der Waals surface area contributed by atoms with Crippen molar-refractivity contribution in [3.63, 3.8) is 0 Å². The monoisotopic (exact) mass is 305 g/mol. The lowest BCUT2D eigenvalue weighted by molar-refractivity contribution is -0.121. The molecule has 120 valence electrons. The van der Waals surface area contributed by atoms with Crippen LogP contribution in [0.3, 0.4) is 0 Å². The first-order valence-corrected chi connectivity index (χ1v) is 7.50. The summed E-state index contributed by atoms with van der Waals surface area (Å²) < 4.78 is 5.21. The van der Waals surface area contributed by atoms with Crippen LogP contribution in [-0.2, 0) is 9.53 Å². The molecule has 0 aromatic carbocycles. The van der Waals surface area contributed by atoms with E-state index in [4.69, 9.17) is 4.74 Å². The molecule has 2 heterocycles. The maximum atomic E-state index is 12.5. The number of hydrogen-bond acceptors (Lipinski definition) is 4. The summed E-state index contributed by atoms with van der Waals surface area (Å²) in [5.74, 6) is -0.122. The standard InChI is InChI=1S/C16H23N3O3/c1-11-7-8-12(10-17-11)19-9-5-6-13(14(19)20)18-15(21)22-16(2,3)4/h7-8,10,13H,5-6,9H2,1-4H3,(H,18,21). The summed E-state index contributed by atoms with van der Waals surface area (Å²) in [6.07, 6.45) is 2.56. The van der Waals surface area contributed by atoms with Crippen LogP contribution in [0, 0.1) is 6.92 Å². The maximum Gasteiger partial charge on any atom is 0.408 e. The van der Waals surface area contributed by atoms with E-state index in [0.717, 1.165) is 17.8 Å². The van der Waals surface area contributed by atoms with E-state index >= 15 is 0 Å². The van der Waals surface area contributed by atoms with E-state index in [0.29, 0.717) is 13.0 Å². The minimum Gasteiger partial charge on any atom is -0.444 e. The molecule has 6 nitrogen and oxygen atoms in total. The van der Waals surface area contributed by atoms with Crippen molar-refractivity contribution >= 4 is 17.7 Å². The Balaban J connectivity index is 2.04. The molecule has 1 aromatic rings. The van der Waals surface area contributed by atoms with Gasteiger partial charge in [0.1, 0.15) is 11.6 Å². The predicted molar refractivity (Wildman–Crippen MR) is 83.7 cm³/mol. The number of rotatable bonds is 2. The van der Waals surface area contributed by atoms with Gasteiger partial charge in [0.2, 0.25) is 5.91 Å². The predicted octanol–water partition coefficient (Wildman–Crippen LogP) is 2.41. The van der Waals surface area contributed by atoms with Crippen LogP contribution < -0.4 is 10.2 Å². The van der Waals surface area contributed by atoms with Crippen molar-refractivity contribution in [2.45, 2.75) is 52.2 Å². The van der Waals surface area contributed by atoms with E-state index in [2.05, 4.69) is 10.3 Å². The second-order valence-corrected chi connectivity index (χ2v) is 6.49. The highest BCUT2D eigenvalue weighted by molar-refractivity contribution is 5.99. The molecule has 0 radical (unpaired) electrons. The molecule has 2 amide bonds. The largest absolute Gasteiger partial charge is 0.444 e. The topological polar surface area (TPSA) is 71.5 Å². The number of aromatic nitrogens is 1. The van der Waals surface area contributed by atoms with Gasteiger partial charge in [-0.25, -0.2) is 4.79 Å². The van der Waals surface area contributed by atoms with Gasteiger partial charge in [-0.3, -0.25) is 9.78 Å². The zero-order valence-corrected chi connectivity index (χ0v) is 13.5. The molecule has 0 saturated carbocycles. The van der Waals surface area contributed by atoms with Crippen LogP contribution in [0.2, 0.25) is 0 Å². The van der Waals surface area contributed by atoms with Crippen molar-refractivity contribution < 1.29 is 14.3 Å². The third-order valence-corrected chi connectivity index (χ3v) is 3.34. The lowest BCUT2D eigenvalue weighted by atomic mass is 10.0. The Morgan fingerprint density at radius 1 is 1.41 bits per heavy atom. The molecule has 1 unspecified atom stereocenters. The van der Waals surface area contributed by atoms with Gasteiger partial charge in [-0.15, -0.1) is 0 Å². The van der Waals surface area contributed by atoms with Crippen molar-refractivity contribution in [3.8, 4) is 0 Å². The summed E-state index contributed by atoms with van der Waals surface area (Å²) >= 11 is 0. The van der Waals surface area contributed by atoms with Gasteiger partial charge < -0.3 is 15.0 Å². The molecule has 1 fully saturated rings. The Labute approximate surface area is 130 Å². The summed E-state index contributed by atoms with van der Waals surface area (Å²) in [7, 11) is 0. The first kappa shape index (κ1) is 16.3. The fourth-order valence-corrected chi connectivity index (χ4v) is 2.34. The fraction of sp³-hybridized carbons (Fsp3) is 0.562. The third-order valence-electron chi connectivity index (χ3n) is 3.34. The molecule has 1 aliphatic heterocycles. The Morgan fingerprint density at radius 3 is 2.73 bits per heavy atom. The number of hydrogen-bond donors (Lipinski definition) is 1. The second kappa shape index (κ2) is 6.34. The first-order valence-electron chi connectivity index (χ1n) is 7.50. The van der Waals surface area contributed by atoms with Crippen molar-refractivity contribution in [1.29, 1.82) is 0 Å². The number of nitrogens with zero attached hydrogens (tertiary/aromatic N) is 2. The van der Waals surface area contributed by atoms with Gasteiger partial charge in [0.25, 0.3) is 0 Å². The van der Waals surface area contributed by atoms with Gasteiger partial charge in [-0.05, 0) is 52.7 Å². The highest BCUT2D eigenvalue weighted by atomic mass is 16.6. The molecule has 1 saturated heterocycles. The van der Waals surface area contributed by atoms with Crippen molar-refractivity contribution in [3.05, 3.63) is 24.0 Å². The van der Waals surface area contributed by atoms with Crippen LogP contribution in [0.5, 0.6) is 0 Å². The van der Waals surface area contributed by atoms with E-state index in [-0.39, 0.29) is 5.91 Å². The molecule has 2 rings (SSSR count). The zero-order chi connectivity index (χ0) is 16.3. The van der Waals surface area contributed by atoms with Crippen molar-refractivity contribution in [2.75, 3.05) is 11.4 Å². The van der Waals surface area contributed by atoms with Gasteiger partial charge in [-0.2, -0.15) is 0 Å². The van der Waals surface area contributed by atoms with Gasteiger partial charge in [-0.1, -0.05) is 0 Å². The Hall–Kier alpha value is -2.11. The fourth-order valence-electron chi connectivity index (χ4n) is 2.34. The van der Waals surface area contributed by atoms with Gasteiger partial charge in [0.15, 0.2) is 0 Å². The SMILES string of the molecule is Cc1ccc(N2CCCC(NC(=O)OC(C)(C)C)C2=O)cn1. The number of nitrogens with one attached hydrogen (secondary N) is 1. The van der Waals surface area contributed by atoms with E-state index < -0.39 is 17.7 Å². The number of anilines is 1. The molecule has 1 aromatic heterocycles. The highest BCUT2D eigenvalue weighted by Gasteiger charge is 2.32. The number of piperidine rings is 1. The summed E-state index contributed by atoms with van der Waals surface area (Å²) in [4.78, 5) is 30.3. The molecule has 22 heavy (non-hydrogen) atoms. The van der Waals surface area contributed by atoms with Crippen molar-refractivity contribution in [2.24, 2.45) is 0 Å². The second-order valence-electron chi connectivity index (χ2n) is 6.49. The van der Waals surface area contributed by atoms with Crippen LogP contribution in [0.15, 0.2) is 18.3 Å². The minimum absolute atomic E-state index is 0.122. The van der Waals surface area contributed by atoms with Crippen LogP contribution >= 0.6 is 0 Å². The van der Waals surface area contributed by atoms with E-state index in [9.17, 15) is 9.59 Å². The molecule has 6 heteroatoms. The van der Waals surface area contributed by atoms with Crippen LogP contribution in [0.4, 0.5) is 10.5 Å². The molecular weight excluding hydrogens is 282 g/mol. The van der Waals surface area contributed by atoms with Gasteiger partial charge >= 0.3 is 6.09 Å². The molecule has 1 atom stereocenters. The lowest BCUT2D eigenvalue weighted by Gasteiger charge is -2.33. The number of alkyl carbamates (subject to hydrolysis) is 1. The number of ether oxygens (including phenoxy) is 1. The molecule has 0 aliphatic carbocycles. The van der Waals surface area contributed by atoms with E-state index in [1.807, 2.05) is 19.1 Å². The summed E-state index contributed by atoms with van der Waals surface area (Å²) in [5.41, 5.74) is 1.07. The van der Waals surface area contributed by atoms with E-state index in [1.54, 1.807) is 31.9 Å². The molecule has 0 bridgehead atoms. The van der Waals surface area contributed by atoms with Gasteiger partial charge in [0.05, 0.1) is 11.9 Å². The number of pyridine rings is 1. The molecular formula is C16H23N3O3. The minimum atomic E-state index is -0.581. The quantitative estimate of drug-likeness (QED) is 0.911. The van der Waals surface area contributed by atoms with Crippen LogP contribution in [-0.4, -0.2) is 35.2 Å². The van der Waals surface area contributed by atoms with E-state index in [1.165, 1.54) is 0 Å². The molecule has 1 aliphatic rings. The normalized spacial score (nSPS) is 19.0. The van der Waals surface area contributed by atoms with Crippen LogP contribution in [0.25, 0.3) is 0 Å². The molecule has 0 spiro atoms. The van der Waals surface area contributed by atoms with Crippen LogP contribution in [0.1, 0.15) is 39.3 Å². The van der Waals surface area contributed by atoms with Gasteiger partial charge in [0, 0.05) is 12.2 Å². The number of carbonyl (C=O) groups is 2. The number of aryl methyl sites for hydroxylation is 1. The summed E-state index contributed by atoms with van der Waals surface area (Å²) in [6, 6.07) is 3.19. The smallest absolute Gasteiger partial charge is 0.408 e. The number of amides is 2. The summed E-state index contributed by atoms with van der Waals surface area (Å²) in [5, 5.41) is 2.66. The zero-order valence-electron chi connectivity index (χ0n) is 13.5. The van der Waals surface area contributed by atoms with Crippen molar-refractivity contribution in [1.82, 2.24) is 10.3 Å². The Bertz CT molecular complexity index is 549. The third kappa shape index (κ3) is 4.19. The lowest BCUT2D eigenvalue weighted by Crippen LogP contribution is -2.53. The molecule has 1 N–H and O–H groups in total. The summed E-state index contributed by atoms with van der Waals surface area (Å²) in [6.45, 7) is 7.91.